The Bertz CT molecular complexity index is 1290. The molecular formula is C52H83BO2. The number of hydrogen-bond donors (Lipinski definition) is 0. The van der Waals surface area contributed by atoms with Crippen LogP contribution < -0.4 is 0 Å². The number of ether oxygens (including phenoxy) is 2. The van der Waals surface area contributed by atoms with Gasteiger partial charge in [0.05, 0.1) is 24.4 Å². The molecule has 8 saturated carbocycles. The minimum atomic E-state index is 0.634. The molecule has 0 N–H and O–H groups in total. The van der Waals surface area contributed by atoms with E-state index in [2.05, 4.69) is 6.92 Å². The molecule has 0 aromatic rings. The van der Waals surface area contributed by atoms with E-state index in [9.17, 15) is 0 Å². The van der Waals surface area contributed by atoms with Crippen LogP contribution in [0.4, 0.5) is 0 Å². The van der Waals surface area contributed by atoms with E-state index in [1.165, 1.54) is 83.5 Å². The van der Waals surface area contributed by atoms with Crippen molar-refractivity contribution in [3.8, 4) is 0 Å². The smallest absolute Gasteiger partial charge is 0.151 e. The molecule has 12 fully saturated rings. The van der Waals surface area contributed by atoms with Crippen molar-refractivity contribution in [2.75, 3.05) is 0 Å². The lowest BCUT2D eigenvalue weighted by Crippen LogP contribution is -2.60. The van der Waals surface area contributed by atoms with Crippen LogP contribution in [0.1, 0.15) is 193 Å². The monoisotopic (exact) mass is 751 g/mol. The van der Waals surface area contributed by atoms with Crippen molar-refractivity contribution < 1.29 is 9.47 Å². The molecular weight excluding hydrogens is 667 g/mol. The van der Waals surface area contributed by atoms with Crippen LogP contribution in [0.25, 0.3) is 0 Å². The van der Waals surface area contributed by atoms with Gasteiger partial charge >= 0.3 is 0 Å². The molecule has 0 bridgehead atoms. The fraction of sp³-hybridized carbons (Fsp3) is 1.00. The Balaban J connectivity index is 0.826. The Morgan fingerprint density at radius 1 is 0.309 bits per heavy atom. The third kappa shape index (κ3) is 6.23. The van der Waals surface area contributed by atoms with Crippen molar-refractivity contribution in [1.29, 1.82) is 0 Å². The Morgan fingerprint density at radius 2 is 0.764 bits per heavy atom. The Kier molecular flexibility index (Phi) is 10.1. The molecule has 4 heterocycles. The molecule has 0 spiro atoms. The maximum Gasteiger partial charge on any atom is 0.151 e. The van der Waals surface area contributed by atoms with Crippen molar-refractivity contribution in [3.05, 3.63) is 0 Å². The summed E-state index contributed by atoms with van der Waals surface area (Å²) in [5.41, 5.74) is 0. The zero-order valence-electron chi connectivity index (χ0n) is 35.6. The van der Waals surface area contributed by atoms with Gasteiger partial charge in [0, 0.05) is 0 Å². The van der Waals surface area contributed by atoms with Gasteiger partial charge in [-0.1, -0.05) is 108 Å². The highest BCUT2D eigenvalue weighted by atomic mass is 16.5. The van der Waals surface area contributed by atoms with E-state index in [0.717, 1.165) is 113 Å². The van der Waals surface area contributed by atoms with Crippen molar-refractivity contribution in [2.45, 2.75) is 235 Å². The van der Waals surface area contributed by atoms with E-state index in [1.54, 1.807) is 103 Å². The quantitative estimate of drug-likeness (QED) is 0.268. The van der Waals surface area contributed by atoms with Gasteiger partial charge in [-0.15, -0.1) is 0 Å². The van der Waals surface area contributed by atoms with E-state index in [-0.39, 0.29) is 0 Å². The number of rotatable bonds is 3. The van der Waals surface area contributed by atoms with Crippen LogP contribution in [0.2, 0.25) is 17.5 Å². The summed E-state index contributed by atoms with van der Waals surface area (Å²) in [7, 11) is 0. The van der Waals surface area contributed by atoms with Crippen LogP contribution in [0.15, 0.2) is 0 Å². The van der Waals surface area contributed by atoms with Gasteiger partial charge in [-0.05, 0) is 192 Å². The average molecular weight is 751 g/mol. The molecule has 0 aromatic heterocycles. The lowest BCUT2D eigenvalue weighted by atomic mass is 9.13. The van der Waals surface area contributed by atoms with E-state index in [1.807, 2.05) is 0 Å². The molecule has 0 amide bonds. The zero-order valence-corrected chi connectivity index (χ0v) is 35.6. The first-order valence-electron chi connectivity index (χ1n) is 26.5. The van der Waals surface area contributed by atoms with Gasteiger partial charge in [-0.2, -0.15) is 0 Å². The van der Waals surface area contributed by atoms with Crippen LogP contribution in [0.5, 0.6) is 0 Å². The summed E-state index contributed by atoms with van der Waals surface area (Å²) >= 11 is 0. The van der Waals surface area contributed by atoms with Crippen molar-refractivity contribution in [2.24, 2.45) is 88.8 Å². The second-order valence-electron chi connectivity index (χ2n) is 24.2. The topological polar surface area (TPSA) is 18.5 Å². The molecule has 12 aliphatic rings. The van der Waals surface area contributed by atoms with Gasteiger partial charge in [0.2, 0.25) is 0 Å². The minimum absolute atomic E-state index is 0.634. The van der Waals surface area contributed by atoms with Gasteiger partial charge in [-0.3, -0.25) is 0 Å². The molecule has 3 heteroatoms. The second-order valence-corrected chi connectivity index (χ2v) is 24.2. The minimum Gasteiger partial charge on any atom is -0.374 e. The second kappa shape index (κ2) is 15.2. The first-order chi connectivity index (χ1) is 27.2. The van der Waals surface area contributed by atoms with Gasteiger partial charge in [0.1, 0.15) is 0 Å². The van der Waals surface area contributed by atoms with E-state index in [0.29, 0.717) is 24.4 Å². The Hall–Kier alpha value is -0.0151. The van der Waals surface area contributed by atoms with Gasteiger partial charge in [0.15, 0.2) is 6.71 Å². The highest BCUT2D eigenvalue weighted by molar-refractivity contribution is 6.64. The summed E-state index contributed by atoms with van der Waals surface area (Å²) in [6.45, 7) is 4.01. The largest absolute Gasteiger partial charge is 0.374 e. The maximum atomic E-state index is 6.83. The van der Waals surface area contributed by atoms with Gasteiger partial charge in [-0.25, -0.2) is 0 Å². The lowest BCUT2D eigenvalue weighted by Gasteiger charge is -2.66. The summed E-state index contributed by atoms with van der Waals surface area (Å²) < 4.78 is 13.7. The van der Waals surface area contributed by atoms with Crippen LogP contribution >= 0.6 is 0 Å². The summed E-state index contributed by atoms with van der Waals surface area (Å²) in [5, 5.41) is 0. The van der Waals surface area contributed by atoms with Crippen molar-refractivity contribution in [1.82, 2.24) is 0 Å². The highest BCUT2D eigenvalue weighted by Gasteiger charge is 2.64. The number of fused-ring (bicyclic) bond motifs is 13. The molecule has 21 atom stereocenters. The number of hydrogen-bond acceptors (Lipinski definition) is 2. The molecule has 2 nitrogen and oxygen atoms in total. The van der Waals surface area contributed by atoms with E-state index < -0.39 is 0 Å². The van der Waals surface area contributed by atoms with Gasteiger partial charge < -0.3 is 9.47 Å². The first kappa shape index (κ1) is 36.8. The molecule has 21 unspecified atom stereocenters. The summed E-state index contributed by atoms with van der Waals surface area (Å²) in [6, 6.07) is 0. The Morgan fingerprint density at radius 3 is 1.38 bits per heavy atom. The van der Waals surface area contributed by atoms with E-state index in [4.69, 9.17) is 9.47 Å². The fourth-order valence-corrected chi connectivity index (χ4v) is 20.8. The third-order valence-electron chi connectivity index (χ3n) is 22.7. The lowest BCUT2D eigenvalue weighted by molar-refractivity contribution is -0.0285. The predicted molar refractivity (Wildman–Crippen MR) is 226 cm³/mol. The van der Waals surface area contributed by atoms with Crippen LogP contribution in [-0.2, 0) is 9.47 Å². The molecule has 55 heavy (non-hydrogen) atoms. The zero-order chi connectivity index (χ0) is 36.2. The van der Waals surface area contributed by atoms with Crippen molar-refractivity contribution >= 4 is 6.71 Å². The third-order valence-corrected chi connectivity index (χ3v) is 22.7. The fourth-order valence-electron chi connectivity index (χ4n) is 20.8. The average Bonchev–Trinajstić information content (AvgIpc) is 3.81. The maximum absolute atomic E-state index is 6.83. The standard InChI is InChI=1S/C52H83BO2/c1-31-37-23-19-33(35-21-25-49-42(27-35)40-14-6-9-17-47(40)54-49)29-44(37)52(32-11-3-2-4-12-32)53-46-16-8-5-13-39(46)38-24-20-34(30-45(38)51(31)53)36-22-26-50-43(28-36)41-15-7-10-18-48(41)55-50/h31-52H,2-30H2,1H3. The predicted octanol–water partition coefficient (Wildman–Crippen LogP) is 13.8. The highest BCUT2D eigenvalue weighted by Crippen LogP contribution is 2.71. The molecule has 306 valence electrons. The van der Waals surface area contributed by atoms with Crippen molar-refractivity contribution in [3.63, 3.8) is 0 Å². The first-order valence-corrected chi connectivity index (χ1v) is 26.5. The summed E-state index contributed by atoms with van der Waals surface area (Å²) in [6.07, 6.45) is 47.0. The normalized spacial score (nSPS) is 56.5. The van der Waals surface area contributed by atoms with Gasteiger partial charge in [0.25, 0.3) is 0 Å². The van der Waals surface area contributed by atoms with Crippen LogP contribution in [-0.4, -0.2) is 31.1 Å². The van der Waals surface area contributed by atoms with E-state index >= 15 is 0 Å². The summed E-state index contributed by atoms with van der Waals surface area (Å²) in [5.74, 6) is 18.5. The SMILES string of the molecule is CC1C2CCC(C3CCC4OC5CCCCC5C4C3)CC2C(C2CCCCC2)B2C3CCCCC3C3CCC(C4CCC5OC6CCCCC6C5C4)CC3C21. The van der Waals surface area contributed by atoms with Crippen LogP contribution in [0.3, 0.4) is 0 Å². The molecule has 4 aliphatic heterocycles. The summed E-state index contributed by atoms with van der Waals surface area (Å²) in [4.78, 5) is 0. The molecule has 8 aliphatic carbocycles. The van der Waals surface area contributed by atoms with Crippen LogP contribution in [0, 0.1) is 88.8 Å². The molecule has 0 radical (unpaired) electrons. The molecule has 0 aromatic carbocycles. The molecule has 4 saturated heterocycles. The molecule has 12 rings (SSSR count). The Labute approximate surface area is 338 Å².